The summed E-state index contributed by atoms with van der Waals surface area (Å²) in [4.78, 5) is 16.4. The number of aryl methyl sites for hydroxylation is 3. The second-order valence-corrected chi connectivity index (χ2v) is 5.19. The van der Waals surface area contributed by atoms with Crippen LogP contribution in [-0.2, 0) is 7.05 Å². The van der Waals surface area contributed by atoms with Crippen molar-refractivity contribution in [2.75, 3.05) is 0 Å². The zero-order valence-corrected chi connectivity index (χ0v) is 12.3. The summed E-state index contributed by atoms with van der Waals surface area (Å²) in [6.45, 7) is 3.99. The molecule has 0 fully saturated rings. The van der Waals surface area contributed by atoms with E-state index < -0.39 is 0 Å². The minimum Gasteiger partial charge on any atom is -0.423 e. The normalized spacial score (nSPS) is 10.8. The summed E-state index contributed by atoms with van der Waals surface area (Å²) in [6.07, 6.45) is 1.74. The molecule has 0 aliphatic heterocycles. The molecule has 0 radical (unpaired) electrons. The lowest BCUT2D eigenvalue weighted by Gasteiger charge is -2.06. The summed E-state index contributed by atoms with van der Waals surface area (Å²) in [5.74, 6) is 0.151. The molecule has 0 amide bonds. The number of carbonyl (C=O) groups excluding carboxylic acids is 1. The van der Waals surface area contributed by atoms with Gasteiger partial charge in [0.25, 0.3) is 0 Å². The molecule has 0 N–H and O–H groups in total. The van der Waals surface area contributed by atoms with Crippen LogP contribution in [0.1, 0.15) is 21.5 Å². The lowest BCUT2D eigenvalue weighted by atomic mass is 10.1. The lowest BCUT2D eigenvalue weighted by Crippen LogP contribution is -2.08. The average Bonchev–Trinajstić information content (AvgIpc) is 2.83. The summed E-state index contributed by atoms with van der Waals surface area (Å²) in [6, 6.07) is 11.0. The van der Waals surface area contributed by atoms with E-state index in [4.69, 9.17) is 4.74 Å². The zero-order valence-electron chi connectivity index (χ0n) is 12.3. The number of aromatic nitrogens is 2. The van der Waals surface area contributed by atoms with Gasteiger partial charge in [-0.3, -0.25) is 0 Å². The SMILES string of the molecule is Cc1ccc(C(=O)Oc2ccc3c(c2)ncn3C)cc1C. The minimum atomic E-state index is -0.353. The highest BCUT2D eigenvalue weighted by Crippen LogP contribution is 2.20. The molecule has 3 rings (SSSR count). The van der Waals surface area contributed by atoms with Crippen molar-refractivity contribution in [1.29, 1.82) is 0 Å². The standard InChI is InChI=1S/C17H16N2O2/c1-11-4-5-13(8-12(11)2)17(20)21-14-6-7-16-15(9-14)18-10-19(16)3/h4-10H,1-3H3. The van der Waals surface area contributed by atoms with Crippen molar-refractivity contribution in [1.82, 2.24) is 9.55 Å². The van der Waals surface area contributed by atoms with Crippen LogP contribution < -0.4 is 4.74 Å². The molecule has 0 unspecified atom stereocenters. The van der Waals surface area contributed by atoms with Gasteiger partial charge in [0, 0.05) is 13.1 Å². The summed E-state index contributed by atoms with van der Waals surface area (Å²) in [7, 11) is 1.93. The lowest BCUT2D eigenvalue weighted by molar-refractivity contribution is 0.0735. The Morgan fingerprint density at radius 2 is 1.90 bits per heavy atom. The maximum absolute atomic E-state index is 12.2. The van der Waals surface area contributed by atoms with E-state index in [2.05, 4.69) is 4.98 Å². The van der Waals surface area contributed by atoms with Crippen molar-refractivity contribution in [2.24, 2.45) is 7.05 Å². The largest absolute Gasteiger partial charge is 0.423 e. The Kier molecular flexibility index (Phi) is 3.22. The first kappa shape index (κ1) is 13.4. The van der Waals surface area contributed by atoms with Crippen molar-refractivity contribution in [2.45, 2.75) is 13.8 Å². The van der Waals surface area contributed by atoms with Crippen LogP contribution in [-0.4, -0.2) is 15.5 Å². The third-order valence-corrected chi connectivity index (χ3v) is 3.65. The number of imidazole rings is 1. The van der Waals surface area contributed by atoms with Crippen molar-refractivity contribution in [3.63, 3.8) is 0 Å². The maximum Gasteiger partial charge on any atom is 0.343 e. The van der Waals surface area contributed by atoms with E-state index in [-0.39, 0.29) is 5.97 Å². The molecular formula is C17H16N2O2. The molecule has 1 aromatic heterocycles. The van der Waals surface area contributed by atoms with Gasteiger partial charge in [0.05, 0.1) is 22.9 Å². The van der Waals surface area contributed by atoms with E-state index in [1.807, 2.05) is 43.7 Å². The first-order valence-corrected chi connectivity index (χ1v) is 6.75. The van der Waals surface area contributed by atoms with Gasteiger partial charge < -0.3 is 9.30 Å². The van der Waals surface area contributed by atoms with Gasteiger partial charge in [-0.1, -0.05) is 6.07 Å². The van der Waals surface area contributed by atoms with E-state index in [1.165, 1.54) is 0 Å². The van der Waals surface area contributed by atoms with Gasteiger partial charge in [-0.2, -0.15) is 0 Å². The Morgan fingerprint density at radius 1 is 1.10 bits per heavy atom. The number of nitrogens with zero attached hydrogens (tertiary/aromatic N) is 2. The average molecular weight is 280 g/mol. The molecule has 21 heavy (non-hydrogen) atoms. The van der Waals surface area contributed by atoms with Gasteiger partial charge in [-0.15, -0.1) is 0 Å². The second kappa shape index (κ2) is 5.05. The Hall–Kier alpha value is -2.62. The third kappa shape index (κ3) is 2.52. The van der Waals surface area contributed by atoms with Crippen molar-refractivity contribution in [3.05, 3.63) is 59.4 Å². The molecule has 0 aliphatic carbocycles. The maximum atomic E-state index is 12.2. The molecule has 0 bridgehead atoms. The molecule has 0 aliphatic rings. The highest BCUT2D eigenvalue weighted by atomic mass is 16.5. The smallest absolute Gasteiger partial charge is 0.343 e. The second-order valence-electron chi connectivity index (χ2n) is 5.19. The molecule has 0 spiro atoms. The van der Waals surface area contributed by atoms with Crippen LogP contribution in [0.3, 0.4) is 0 Å². The van der Waals surface area contributed by atoms with Gasteiger partial charge in [0.2, 0.25) is 0 Å². The third-order valence-electron chi connectivity index (χ3n) is 3.65. The first-order chi connectivity index (χ1) is 10.0. The molecule has 4 nitrogen and oxygen atoms in total. The van der Waals surface area contributed by atoms with E-state index in [9.17, 15) is 4.79 Å². The van der Waals surface area contributed by atoms with E-state index >= 15 is 0 Å². The van der Waals surface area contributed by atoms with Crippen LogP contribution in [0, 0.1) is 13.8 Å². The van der Waals surface area contributed by atoms with Gasteiger partial charge in [0.15, 0.2) is 0 Å². The molecule has 0 atom stereocenters. The van der Waals surface area contributed by atoms with Gasteiger partial charge in [-0.05, 0) is 49.2 Å². The molecule has 106 valence electrons. The first-order valence-electron chi connectivity index (χ1n) is 6.75. The van der Waals surface area contributed by atoms with E-state index in [0.29, 0.717) is 11.3 Å². The minimum absolute atomic E-state index is 0.353. The molecule has 3 aromatic rings. The number of esters is 1. The molecule has 0 saturated carbocycles. The highest BCUT2D eigenvalue weighted by Gasteiger charge is 2.10. The Bertz CT molecular complexity index is 834. The molecule has 2 aromatic carbocycles. The number of benzene rings is 2. The summed E-state index contributed by atoms with van der Waals surface area (Å²) in [5, 5.41) is 0. The van der Waals surface area contributed by atoms with Gasteiger partial charge >= 0.3 is 5.97 Å². The van der Waals surface area contributed by atoms with Crippen molar-refractivity contribution >= 4 is 17.0 Å². The fourth-order valence-electron chi connectivity index (χ4n) is 2.21. The van der Waals surface area contributed by atoms with Crippen molar-refractivity contribution < 1.29 is 9.53 Å². The zero-order chi connectivity index (χ0) is 15.0. The predicted octanol–water partition coefficient (Wildman–Crippen LogP) is 3.41. The van der Waals surface area contributed by atoms with Crippen molar-refractivity contribution in [3.8, 4) is 5.75 Å². The monoisotopic (exact) mass is 280 g/mol. The number of rotatable bonds is 2. The molecule has 0 saturated heterocycles. The number of hydrogen-bond donors (Lipinski definition) is 0. The van der Waals surface area contributed by atoms with E-state index in [0.717, 1.165) is 22.2 Å². The Morgan fingerprint density at radius 3 is 2.67 bits per heavy atom. The van der Waals surface area contributed by atoms with Gasteiger partial charge in [-0.25, -0.2) is 9.78 Å². The number of fused-ring (bicyclic) bond motifs is 1. The van der Waals surface area contributed by atoms with Crippen LogP contribution in [0.5, 0.6) is 5.75 Å². The fraction of sp³-hybridized carbons (Fsp3) is 0.176. The quantitative estimate of drug-likeness (QED) is 0.533. The topological polar surface area (TPSA) is 44.1 Å². The summed E-state index contributed by atoms with van der Waals surface area (Å²) in [5.41, 5.74) is 4.59. The number of carbonyl (C=O) groups is 1. The fourth-order valence-corrected chi connectivity index (χ4v) is 2.21. The van der Waals surface area contributed by atoms with Crippen LogP contribution in [0.4, 0.5) is 0 Å². The number of ether oxygens (including phenoxy) is 1. The van der Waals surface area contributed by atoms with Crippen LogP contribution in [0.2, 0.25) is 0 Å². The number of hydrogen-bond acceptors (Lipinski definition) is 3. The Labute approximate surface area is 123 Å². The molecule has 1 heterocycles. The van der Waals surface area contributed by atoms with Gasteiger partial charge in [0.1, 0.15) is 5.75 Å². The molecule has 4 heteroatoms. The highest BCUT2D eigenvalue weighted by molar-refractivity contribution is 5.92. The van der Waals surface area contributed by atoms with Crippen LogP contribution >= 0.6 is 0 Å². The van der Waals surface area contributed by atoms with E-state index in [1.54, 1.807) is 24.5 Å². The van der Waals surface area contributed by atoms with Crippen LogP contribution in [0.25, 0.3) is 11.0 Å². The predicted molar refractivity (Wildman–Crippen MR) is 81.6 cm³/mol. The summed E-state index contributed by atoms with van der Waals surface area (Å²) >= 11 is 0. The van der Waals surface area contributed by atoms with Crippen LogP contribution in [0.15, 0.2) is 42.7 Å². The Balaban J connectivity index is 1.86. The molecular weight excluding hydrogens is 264 g/mol. The summed E-state index contributed by atoms with van der Waals surface area (Å²) < 4.78 is 7.35.